The second-order valence-electron chi connectivity index (χ2n) is 11.2. The minimum Gasteiger partial charge on any atom is -0.326 e. The van der Waals surface area contributed by atoms with Crippen LogP contribution in [0.2, 0.25) is 0 Å². The highest BCUT2D eigenvalue weighted by Crippen LogP contribution is 2.65. The van der Waals surface area contributed by atoms with E-state index < -0.39 is 21.4 Å². The molecule has 7 rings (SSSR count). The highest BCUT2D eigenvalue weighted by Gasteiger charge is 2.74. The number of rotatable bonds is 6. The molecule has 0 radical (unpaired) electrons. The summed E-state index contributed by atoms with van der Waals surface area (Å²) in [6.07, 6.45) is 2.98. The summed E-state index contributed by atoms with van der Waals surface area (Å²) in [7, 11) is -2.34. The van der Waals surface area contributed by atoms with Crippen molar-refractivity contribution < 1.29 is 17.6 Å². The van der Waals surface area contributed by atoms with E-state index in [9.17, 15) is 17.6 Å². The van der Waals surface area contributed by atoms with Crippen molar-refractivity contribution >= 4 is 32.5 Å². The average Bonchev–Trinajstić information content (AvgIpc) is 3.36. The average molecular weight is 586 g/mol. The van der Waals surface area contributed by atoms with Crippen LogP contribution in [-0.2, 0) is 27.3 Å². The molecule has 214 valence electrons. The zero-order chi connectivity index (χ0) is 29.4. The molecule has 2 fully saturated rings. The van der Waals surface area contributed by atoms with E-state index in [2.05, 4.69) is 20.6 Å². The Hall–Kier alpha value is -4.42. The van der Waals surface area contributed by atoms with Gasteiger partial charge in [-0.05, 0) is 85.0 Å². The fourth-order valence-corrected chi connectivity index (χ4v) is 8.03. The lowest BCUT2D eigenvalue weighted by Crippen LogP contribution is -2.37. The number of hydrogen-bond acceptors (Lipinski definition) is 6. The van der Waals surface area contributed by atoms with Crippen molar-refractivity contribution in [2.75, 3.05) is 18.4 Å². The minimum absolute atomic E-state index is 0.116. The number of carbonyl (C=O) groups is 1. The lowest BCUT2D eigenvalue weighted by molar-refractivity contribution is -0.118. The first kappa shape index (κ1) is 26.5. The Balaban J connectivity index is 1.29. The predicted octanol–water partition coefficient (Wildman–Crippen LogP) is 3.74. The van der Waals surface area contributed by atoms with Crippen molar-refractivity contribution in [3.05, 3.63) is 95.6 Å². The Kier molecular flexibility index (Phi) is 5.86. The molecule has 1 aliphatic carbocycles. The third-order valence-electron chi connectivity index (χ3n) is 8.59. The van der Waals surface area contributed by atoms with E-state index in [0.717, 1.165) is 33.3 Å². The van der Waals surface area contributed by atoms with Crippen LogP contribution in [0, 0.1) is 31.5 Å². The SMILES string of the molecule is Cc1cccc(NC(=O)[C@H]2[C@@H]3CN(S(=O)(=O)c4cnn(C)n4)C[C@@]32c2cc3cnn(-c4ccc(F)cc4)c3cc2C)c1. The second-order valence-corrected chi connectivity index (χ2v) is 13.1. The molecule has 5 aromatic rings. The van der Waals surface area contributed by atoms with Gasteiger partial charge in [0.15, 0.2) is 0 Å². The molecule has 1 amide bonds. The fraction of sp³-hybridized carbons (Fsp3) is 0.267. The maximum absolute atomic E-state index is 13.7. The van der Waals surface area contributed by atoms with Gasteiger partial charge in [-0.3, -0.25) is 4.79 Å². The Morgan fingerprint density at radius 1 is 1.05 bits per heavy atom. The summed E-state index contributed by atoms with van der Waals surface area (Å²) in [6, 6.07) is 17.7. The molecule has 3 atom stereocenters. The number of carbonyl (C=O) groups excluding carboxylic acids is 1. The number of nitrogens with one attached hydrogen (secondary N) is 1. The van der Waals surface area contributed by atoms with Crippen LogP contribution in [0.5, 0.6) is 0 Å². The summed E-state index contributed by atoms with van der Waals surface area (Å²) >= 11 is 0. The zero-order valence-corrected chi connectivity index (χ0v) is 24.0. The Bertz CT molecular complexity index is 1990. The largest absolute Gasteiger partial charge is 0.326 e. The van der Waals surface area contributed by atoms with Crippen molar-refractivity contribution in [2.45, 2.75) is 24.3 Å². The second kappa shape index (κ2) is 9.30. The molecule has 1 N–H and O–H groups in total. The number of amides is 1. The number of aryl methyl sites for hydroxylation is 3. The molecule has 1 saturated carbocycles. The fourth-order valence-electron chi connectivity index (χ4n) is 6.62. The highest BCUT2D eigenvalue weighted by atomic mass is 32.2. The van der Waals surface area contributed by atoms with Gasteiger partial charge in [-0.25, -0.2) is 17.5 Å². The number of hydrogen-bond donors (Lipinski definition) is 1. The van der Waals surface area contributed by atoms with Crippen LogP contribution in [0.25, 0.3) is 16.6 Å². The quantitative estimate of drug-likeness (QED) is 0.325. The highest BCUT2D eigenvalue weighted by molar-refractivity contribution is 7.89. The van der Waals surface area contributed by atoms with Crippen LogP contribution < -0.4 is 5.32 Å². The van der Waals surface area contributed by atoms with E-state index in [-0.39, 0.29) is 35.8 Å². The van der Waals surface area contributed by atoms with Crippen LogP contribution >= 0.6 is 0 Å². The van der Waals surface area contributed by atoms with Gasteiger partial charge >= 0.3 is 0 Å². The standard InChI is InChI=1S/C30H28FN7O3S/c1-18-5-4-6-22(11-18)34-29(39)28-25-16-37(42(40,41)27-15-32-36(3)35-27)17-30(25,28)24-13-20-14-33-38(26(20)12-19(24)2)23-9-7-21(31)8-10-23/h4-15,25,28H,16-17H2,1-3H3,(H,34,39)/t25-,28+,30+/m0/s1. The number of sulfonamides is 1. The van der Waals surface area contributed by atoms with Gasteiger partial charge in [0.25, 0.3) is 10.0 Å². The van der Waals surface area contributed by atoms with Crippen molar-refractivity contribution in [2.24, 2.45) is 18.9 Å². The Morgan fingerprint density at radius 3 is 2.55 bits per heavy atom. The van der Waals surface area contributed by atoms with Gasteiger partial charge in [0.05, 0.1) is 29.5 Å². The van der Waals surface area contributed by atoms with Gasteiger partial charge in [0.2, 0.25) is 10.9 Å². The van der Waals surface area contributed by atoms with E-state index in [1.807, 2.05) is 50.2 Å². The van der Waals surface area contributed by atoms with Crippen LogP contribution in [0.4, 0.5) is 10.1 Å². The van der Waals surface area contributed by atoms with E-state index in [1.165, 1.54) is 27.4 Å². The number of nitrogens with zero attached hydrogens (tertiary/aromatic N) is 6. The molecule has 12 heteroatoms. The first-order chi connectivity index (χ1) is 20.1. The van der Waals surface area contributed by atoms with Crippen molar-refractivity contribution in [1.82, 2.24) is 29.1 Å². The smallest absolute Gasteiger partial charge is 0.264 e. The molecule has 2 aliphatic rings. The molecular formula is C30H28FN7O3S. The molecule has 3 aromatic carbocycles. The van der Waals surface area contributed by atoms with Gasteiger partial charge in [-0.2, -0.15) is 19.3 Å². The molecule has 2 aromatic heterocycles. The number of piperidine rings is 1. The number of benzene rings is 3. The van der Waals surface area contributed by atoms with E-state index in [1.54, 1.807) is 30.1 Å². The van der Waals surface area contributed by atoms with E-state index in [0.29, 0.717) is 5.69 Å². The number of halogens is 1. The number of fused-ring (bicyclic) bond motifs is 2. The third kappa shape index (κ3) is 4.04. The number of aromatic nitrogens is 5. The van der Waals surface area contributed by atoms with E-state index >= 15 is 0 Å². The maximum Gasteiger partial charge on any atom is 0.264 e. The lowest BCUT2D eigenvalue weighted by atomic mass is 9.88. The third-order valence-corrected chi connectivity index (χ3v) is 10.3. The van der Waals surface area contributed by atoms with Gasteiger partial charge in [-0.1, -0.05) is 12.1 Å². The maximum atomic E-state index is 13.7. The Labute approximate surface area is 241 Å². The normalized spacial score (nSPS) is 21.9. The molecular weight excluding hydrogens is 557 g/mol. The van der Waals surface area contributed by atoms with Gasteiger partial charge in [0, 0.05) is 36.6 Å². The molecule has 0 spiro atoms. The van der Waals surface area contributed by atoms with Gasteiger partial charge in [-0.15, -0.1) is 5.10 Å². The van der Waals surface area contributed by atoms with E-state index in [4.69, 9.17) is 0 Å². The van der Waals surface area contributed by atoms with Gasteiger partial charge < -0.3 is 5.32 Å². The summed E-state index contributed by atoms with van der Waals surface area (Å²) in [6.45, 7) is 4.26. The van der Waals surface area contributed by atoms with Crippen molar-refractivity contribution in [3.63, 3.8) is 0 Å². The molecule has 0 bridgehead atoms. The first-order valence-corrected chi connectivity index (χ1v) is 15.0. The molecule has 1 saturated heterocycles. The monoisotopic (exact) mass is 585 g/mol. The summed E-state index contributed by atoms with van der Waals surface area (Å²) in [5.41, 5.74) is 4.40. The predicted molar refractivity (Wildman–Crippen MR) is 154 cm³/mol. The molecule has 0 unspecified atom stereocenters. The van der Waals surface area contributed by atoms with Crippen molar-refractivity contribution in [1.29, 1.82) is 0 Å². The summed E-state index contributed by atoms with van der Waals surface area (Å²) < 4.78 is 43.8. The van der Waals surface area contributed by atoms with Crippen LogP contribution in [0.3, 0.4) is 0 Å². The summed E-state index contributed by atoms with van der Waals surface area (Å²) in [5.74, 6) is -1.11. The van der Waals surface area contributed by atoms with Crippen LogP contribution in [-0.4, -0.2) is 56.5 Å². The van der Waals surface area contributed by atoms with Gasteiger partial charge in [0.1, 0.15) is 5.82 Å². The summed E-state index contributed by atoms with van der Waals surface area (Å²) in [4.78, 5) is 15.0. The van der Waals surface area contributed by atoms with Crippen molar-refractivity contribution in [3.8, 4) is 5.69 Å². The molecule has 42 heavy (non-hydrogen) atoms. The lowest BCUT2D eigenvalue weighted by Gasteiger charge is -2.24. The topological polar surface area (TPSA) is 115 Å². The van der Waals surface area contributed by atoms with Crippen LogP contribution in [0.15, 0.2) is 78.1 Å². The summed E-state index contributed by atoms with van der Waals surface area (Å²) in [5, 5.41) is 16.3. The first-order valence-electron chi connectivity index (χ1n) is 13.6. The molecule has 10 nitrogen and oxygen atoms in total. The molecule has 1 aliphatic heterocycles. The zero-order valence-electron chi connectivity index (χ0n) is 23.2. The number of anilines is 1. The minimum atomic E-state index is -3.91. The van der Waals surface area contributed by atoms with Crippen LogP contribution in [0.1, 0.15) is 16.7 Å². The Morgan fingerprint density at radius 2 is 1.83 bits per heavy atom. The molecule has 3 heterocycles.